The van der Waals surface area contributed by atoms with Gasteiger partial charge in [-0.25, -0.2) is 0 Å². The molecule has 0 amide bonds. The Hall–Kier alpha value is 2.52. The van der Waals surface area contributed by atoms with Crippen LogP contribution in [0.4, 0.5) is 14.1 Å². The van der Waals surface area contributed by atoms with E-state index in [-0.39, 0.29) is 14.1 Å². The smallest absolute Gasteiger partial charge is 0.269 e. The van der Waals surface area contributed by atoms with Gasteiger partial charge in [0.15, 0.2) is 0 Å². The zero-order valence-electron chi connectivity index (χ0n) is 14.2. The molecule has 9 heteroatoms. The van der Waals surface area contributed by atoms with Crippen molar-refractivity contribution < 1.29 is 14.1 Å². The summed E-state index contributed by atoms with van der Waals surface area (Å²) in [5, 5.41) is 8.04. The quantitative estimate of drug-likeness (QED) is 0.248. The molecule has 0 spiro atoms. The molecule has 0 unspecified atom stereocenters. The Labute approximate surface area is 158 Å². The first-order chi connectivity index (χ1) is 8.42. The van der Waals surface area contributed by atoms with Crippen LogP contribution in [0.1, 0.15) is 41.5 Å². The summed E-state index contributed by atoms with van der Waals surface area (Å²) in [6, 6.07) is 0. The molecule has 0 radical (unpaired) electrons. The Morgan fingerprint density at radius 2 is 0.524 bits per heavy atom. The van der Waals surface area contributed by atoms with Gasteiger partial charge in [0.1, 0.15) is 0 Å². The number of hydrogen-bond acceptors (Lipinski definition) is 3. The molecule has 0 aromatic heterocycles. The standard InChI is InChI=1S/3C4H11AsS.3FH/c3*1-3-5(6)4-2;;;/h3*6H,3-4H2,1-2H3;3*1H. The van der Waals surface area contributed by atoms with E-state index >= 15 is 0 Å². The van der Waals surface area contributed by atoms with E-state index in [1.807, 2.05) is 0 Å². The molecule has 0 aliphatic rings. The summed E-state index contributed by atoms with van der Waals surface area (Å²) in [5.74, 6) is 0. The number of rotatable bonds is 6. The summed E-state index contributed by atoms with van der Waals surface area (Å²) in [6.45, 7) is 13.3. The van der Waals surface area contributed by atoms with E-state index in [9.17, 15) is 0 Å². The van der Waals surface area contributed by atoms with Gasteiger partial charge in [-0.1, -0.05) is 0 Å². The van der Waals surface area contributed by atoms with Crippen molar-refractivity contribution in [2.45, 2.75) is 72.8 Å². The molecule has 0 aliphatic carbocycles. The van der Waals surface area contributed by atoms with Crippen molar-refractivity contribution >= 4 is 73.2 Å². The second kappa shape index (κ2) is 34.0. The van der Waals surface area contributed by atoms with Gasteiger partial charge in [-0.2, -0.15) is 0 Å². The summed E-state index contributed by atoms with van der Waals surface area (Å²) in [5.41, 5.74) is 0. The van der Waals surface area contributed by atoms with Crippen LogP contribution in [0.3, 0.4) is 0 Å². The van der Waals surface area contributed by atoms with E-state index in [2.05, 4.69) is 74.2 Å². The zero-order chi connectivity index (χ0) is 15.0. The van der Waals surface area contributed by atoms with Crippen LogP contribution in [-0.2, 0) is 0 Å². The van der Waals surface area contributed by atoms with Crippen LogP contribution in [-0.4, -0.2) is 40.5 Å². The van der Waals surface area contributed by atoms with Crippen molar-refractivity contribution in [1.29, 1.82) is 0 Å². The molecule has 138 valence electrons. The second-order valence-corrected chi connectivity index (χ2v) is 26.6. The van der Waals surface area contributed by atoms with Crippen LogP contribution < -0.4 is 0 Å². The molecule has 0 aromatic carbocycles. The molecule has 0 atom stereocenters. The molecule has 0 saturated heterocycles. The molecule has 0 nitrogen and oxygen atoms in total. The fourth-order valence-corrected chi connectivity index (χ4v) is 3.49. The molecule has 0 N–H and O–H groups in total. The first-order valence-electron chi connectivity index (χ1n) is 6.74. The molecule has 0 aliphatic heterocycles. The van der Waals surface area contributed by atoms with Crippen LogP contribution in [0.15, 0.2) is 0 Å². The minimum Gasteiger partial charge on any atom is -0.269 e. The molecule has 21 heavy (non-hydrogen) atoms. The predicted molar refractivity (Wildman–Crippen MR) is 115 cm³/mol. The fraction of sp³-hybridized carbons (Fsp3) is 1.00. The van der Waals surface area contributed by atoms with Gasteiger partial charge in [0, 0.05) is 0 Å². The van der Waals surface area contributed by atoms with E-state index in [0.29, 0.717) is 0 Å². The number of thiol groups is 3. The van der Waals surface area contributed by atoms with Gasteiger partial charge in [0.05, 0.1) is 0 Å². The van der Waals surface area contributed by atoms with Crippen LogP contribution in [0, 0.1) is 0 Å². The Morgan fingerprint density at radius 1 is 0.429 bits per heavy atom. The third-order valence-corrected chi connectivity index (χ3v) is 20.2. The Bertz CT molecular complexity index is 116. The fourth-order valence-electron chi connectivity index (χ4n) is 0.671. The molecule has 0 rings (SSSR count). The molecule has 0 saturated carbocycles. The summed E-state index contributed by atoms with van der Waals surface area (Å²) in [7, 11) is 13.1. The maximum absolute atomic E-state index is 4.38. The van der Waals surface area contributed by atoms with Gasteiger partial charge in [0.2, 0.25) is 0 Å². The SMILES string of the molecule is CC[As](S)CC.CC[As](S)CC.CC[As](S)CC.F.F.F. The third kappa shape index (κ3) is 45.0. The average Bonchev–Trinajstić information content (AvgIpc) is 2.45. The topological polar surface area (TPSA) is 0 Å². The van der Waals surface area contributed by atoms with Crippen molar-refractivity contribution in [1.82, 2.24) is 0 Å². The zero-order valence-corrected chi connectivity index (χ0v) is 22.5. The van der Waals surface area contributed by atoms with Gasteiger partial charge in [-0.3, -0.25) is 14.1 Å². The molecule has 0 heterocycles. The molecular formula is C12H36As3F3S3. The predicted octanol–water partition coefficient (Wildman–Crippen LogP) is 6.30. The molecular weight excluding hydrogens is 522 g/mol. The maximum Gasteiger partial charge on any atom is -0.269 e. The molecule has 0 aromatic rings. The minimum absolute atomic E-state index is 0. The molecule has 0 fully saturated rings. The summed E-state index contributed by atoms with van der Waals surface area (Å²) >= 11 is -1.56. The van der Waals surface area contributed by atoms with Crippen molar-refractivity contribution in [2.24, 2.45) is 0 Å². The minimum atomic E-state index is -0.521. The van der Waals surface area contributed by atoms with E-state index in [0.717, 1.165) is 0 Å². The van der Waals surface area contributed by atoms with Crippen molar-refractivity contribution in [3.8, 4) is 0 Å². The van der Waals surface area contributed by atoms with Gasteiger partial charge < -0.3 is 0 Å². The van der Waals surface area contributed by atoms with Gasteiger partial charge in [0.25, 0.3) is 0 Å². The number of halogens is 3. The van der Waals surface area contributed by atoms with Crippen LogP contribution in [0.5, 0.6) is 0 Å². The normalized spacial score (nSPS) is 8.57. The first-order valence-corrected chi connectivity index (χ1v) is 23.5. The average molecular weight is 558 g/mol. The Kier molecular flexibility index (Phi) is 62.9. The first kappa shape index (κ1) is 38.9. The van der Waals surface area contributed by atoms with Crippen molar-refractivity contribution in [3.05, 3.63) is 0 Å². The van der Waals surface area contributed by atoms with Crippen molar-refractivity contribution in [2.75, 3.05) is 0 Å². The monoisotopic (exact) mass is 558 g/mol. The summed E-state index contributed by atoms with van der Waals surface area (Å²) in [4.78, 5) is 0. The third-order valence-electron chi connectivity index (χ3n) is 2.19. The number of hydrogen-bond donors (Lipinski definition) is 3. The van der Waals surface area contributed by atoms with E-state index in [1.165, 1.54) is 31.3 Å². The Morgan fingerprint density at radius 3 is 0.524 bits per heavy atom. The largest absolute Gasteiger partial charge is 0.269 e. The van der Waals surface area contributed by atoms with Crippen LogP contribution in [0.25, 0.3) is 0 Å². The van der Waals surface area contributed by atoms with Crippen LogP contribution >= 0.6 is 32.7 Å². The van der Waals surface area contributed by atoms with E-state index in [4.69, 9.17) is 0 Å². The van der Waals surface area contributed by atoms with Gasteiger partial charge in [-0.05, 0) is 0 Å². The van der Waals surface area contributed by atoms with Crippen molar-refractivity contribution in [3.63, 3.8) is 0 Å². The van der Waals surface area contributed by atoms with Crippen LogP contribution in [0.2, 0.25) is 31.3 Å². The van der Waals surface area contributed by atoms with E-state index < -0.39 is 40.5 Å². The van der Waals surface area contributed by atoms with E-state index in [1.54, 1.807) is 0 Å². The van der Waals surface area contributed by atoms with Gasteiger partial charge in [-0.15, -0.1) is 0 Å². The van der Waals surface area contributed by atoms with Gasteiger partial charge >= 0.3 is 146 Å². The summed E-state index contributed by atoms with van der Waals surface area (Å²) in [6.07, 6.45) is 0. The maximum atomic E-state index is 4.38. The Balaban J connectivity index is -0.0000000375. The summed E-state index contributed by atoms with van der Waals surface area (Å²) < 4.78 is 0. The molecule has 0 bridgehead atoms. The second-order valence-electron chi connectivity index (χ2n) is 3.42.